The molecule has 2 amide bonds. The number of hydrogen-bond acceptors (Lipinski definition) is 2. The molecular weight excluding hydrogens is 262 g/mol. The number of rotatable bonds is 5. The van der Waals surface area contributed by atoms with Gasteiger partial charge in [0.15, 0.2) is 0 Å². The highest BCUT2D eigenvalue weighted by molar-refractivity contribution is 5.92. The number of carbonyl (C=O) groups excluding carboxylic acids is 1. The monoisotopic (exact) mass is 287 g/mol. The summed E-state index contributed by atoms with van der Waals surface area (Å²) in [6.45, 7) is 6.28. The number of benzene rings is 1. The van der Waals surface area contributed by atoms with Crippen molar-refractivity contribution >= 4 is 11.7 Å². The van der Waals surface area contributed by atoms with Crippen molar-refractivity contribution in [1.29, 1.82) is 0 Å². The summed E-state index contributed by atoms with van der Waals surface area (Å²) in [4.78, 5) is 13.4. The van der Waals surface area contributed by atoms with Gasteiger partial charge >= 0.3 is 6.03 Å². The van der Waals surface area contributed by atoms with Gasteiger partial charge in [-0.2, -0.15) is 0 Å². The number of nitrogens with one attached hydrogen (secondary N) is 2. The van der Waals surface area contributed by atoms with Crippen LogP contribution in [0.15, 0.2) is 18.2 Å². The first-order chi connectivity index (χ1) is 10.1. The highest BCUT2D eigenvalue weighted by atomic mass is 16.2. The second kappa shape index (κ2) is 5.68. The van der Waals surface area contributed by atoms with Crippen molar-refractivity contribution in [3.8, 4) is 0 Å². The molecule has 0 aromatic heterocycles. The maximum absolute atomic E-state index is 11.7. The van der Waals surface area contributed by atoms with Gasteiger partial charge in [-0.05, 0) is 48.4 Å². The summed E-state index contributed by atoms with van der Waals surface area (Å²) in [6.07, 6.45) is 2.47. The molecule has 1 heterocycles. The maximum atomic E-state index is 11.7. The average Bonchev–Trinajstić information content (AvgIpc) is 3.17. The average molecular weight is 287 g/mol. The molecule has 2 aliphatic rings. The van der Waals surface area contributed by atoms with E-state index in [4.69, 9.17) is 0 Å². The highest BCUT2D eigenvalue weighted by Crippen LogP contribution is 2.47. The number of nitrogens with zero attached hydrogens (tertiary/aromatic N) is 1. The molecule has 3 atom stereocenters. The molecule has 4 nitrogen and oxygen atoms in total. The van der Waals surface area contributed by atoms with Crippen molar-refractivity contribution in [3.05, 3.63) is 29.3 Å². The van der Waals surface area contributed by atoms with Crippen LogP contribution in [0.1, 0.15) is 43.9 Å². The number of amides is 2. The summed E-state index contributed by atoms with van der Waals surface area (Å²) in [5, 5.41) is 6.64. The number of anilines is 1. The van der Waals surface area contributed by atoms with E-state index >= 15 is 0 Å². The fourth-order valence-electron chi connectivity index (χ4n) is 3.23. The molecule has 1 fully saturated rings. The molecule has 1 saturated carbocycles. The van der Waals surface area contributed by atoms with Gasteiger partial charge in [-0.15, -0.1) is 0 Å². The third-order valence-corrected chi connectivity index (χ3v) is 4.70. The molecule has 2 N–H and O–H groups in total. The molecule has 0 spiro atoms. The lowest BCUT2D eigenvalue weighted by atomic mass is 9.97. The second-order valence-electron chi connectivity index (χ2n) is 6.51. The Morgan fingerprint density at radius 3 is 2.90 bits per heavy atom. The largest absolute Gasteiger partial charge is 0.323 e. The van der Waals surface area contributed by atoms with Crippen molar-refractivity contribution in [1.82, 2.24) is 10.2 Å². The molecule has 1 aromatic carbocycles. The van der Waals surface area contributed by atoms with Gasteiger partial charge < -0.3 is 15.5 Å². The number of carbonyl (C=O) groups is 1. The summed E-state index contributed by atoms with van der Waals surface area (Å²) in [7, 11) is 1.83. The van der Waals surface area contributed by atoms with Gasteiger partial charge in [-0.1, -0.05) is 26.0 Å². The zero-order valence-electron chi connectivity index (χ0n) is 13.1. The van der Waals surface area contributed by atoms with Gasteiger partial charge in [0.1, 0.15) is 0 Å². The first-order valence-electron chi connectivity index (χ1n) is 7.98. The van der Waals surface area contributed by atoms with E-state index in [9.17, 15) is 4.79 Å². The predicted molar refractivity (Wildman–Crippen MR) is 85.2 cm³/mol. The minimum atomic E-state index is -0.0216. The van der Waals surface area contributed by atoms with Crippen LogP contribution in [0.5, 0.6) is 0 Å². The Kier molecular flexibility index (Phi) is 3.89. The zero-order chi connectivity index (χ0) is 15.0. The summed E-state index contributed by atoms with van der Waals surface area (Å²) in [6, 6.07) is 6.93. The number of hydrogen-bond donors (Lipinski definition) is 2. The molecule has 4 heteroatoms. The van der Waals surface area contributed by atoms with Crippen LogP contribution in [0.25, 0.3) is 0 Å². The smallest absolute Gasteiger partial charge is 0.321 e. The molecule has 114 valence electrons. The molecule has 1 aromatic rings. The zero-order valence-corrected chi connectivity index (χ0v) is 13.1. The van der Waals surface area contributed by atoms with Gasteiger partial charge in [0.2, 0.25) is 0 Å². The van der Waals surface area contributed by atoms with Gasteiger partial charge in [0.05, 0.1) is 0 Å². The van der Waals surface area contributed by atoms with Crippen LogP contribution in [0.4, 0.5) is 10.5 Å². The van der Waals surface area contributed by atoms with Crippen LogP contribution in [-0.4, -0.2) is 24.5 Å². The molecule has 3 rings (SSSR count). The van der Waals surface area contributed by atoms with E-state index in [-0.39, 0.29) is 6.03 Å². The first kappa shape index (κ1) is 14.4. The lowest BCUT2D eigenvalue weighted by Gasteiger charge is -2.28. The van der Waals surface area contributed by atoms with Gasteiger partial charge in [-0.3, -0.25) is 0 Å². The summed E-state index contributed by atoms with van der Waals surface area (Å²) < 4.78 is 0. The molecule has 1 aliphatic carbocycles. The van der Waals surface area contributed by atoms with Gasteiger partial charge in [0, 0.05) is 25.3 Å². The molecule has 0 bridgehead atoms. The normalized spacial score (nSPS) is 25.3. The topological polar surface area (TPSA) is 44.4 Å². The molecule has 3 unspecified atom stereocenters. The van der Waals surface area contributed by atoms with E-state index in [0.717, 1.165) is 30.5 Å². The second-order valence-corrected chi connectivity index (χ2v) is 6.51. The molecule has 1 aliphatic heterocycles. The Morgan fingerprint density at radius 1 is 1.48 bits per heavy atom. The Labute approximate surface area is 126 Å². The standard InChI is InChI=1S/C17H25N3O/c1-4-7-18-16(14-8-11(14)2)12-5-6-15-13(9-12)10-20(3)17(21)19-15/h5-6,9,11,14,16,18H,4,7-8,10H2,1-3H3,(H,19,21). The van der Waals surface area contributed by atoms with Gasteiger partial charge in [0.25, 0.3) is 0 Å². The fourth-order valence-corrected chi connectivity index (χ4v) is 3.23. The Hall–Kier alpha value is -1.55. The lowest BCUT2D eigenvalue weighted by molar-refractivity contribution is 0.218. The minimum absolute atomic E-state index is 0.0216. The van der Waals surface area contributed by atoms with Crippen molar-refractivity contribution in [2.75, 3.05) is 18.9 Å². The molecule has 0 radical (unpaired) electrons. The van der Waals surface area contributed by atoms with Crippen LogP contribution < -0.4 is 10.6 Å². The third-order valence-electron chi connectivity index (χ3n) is 4.70. The van der Waals surface area contributed by atoms with E-state index in [2.05, 4.69) is 42.7 Å². The van der Waals surface area contributed by atoms with Crippen LogP contribution in [0.3, 0.4) is 0 Å². The van der Waals surface area contributed by atoms with Crippen molar-refractivity contribution in [2.24, 2.45) is 11.8 Å². The third kappa shape index (κ3) is 2.91. The Morgan fingerprint density at radius 2 is 2.24 bits per heavy atom. The van der Waals surface area contributed by atoms with Gasteiger partial charge in [-0.25, -0.2) is 4.79 Å². The SMILES string of the molecule is CCCNC(c1ccc2c(c1)CN(C)C(=O)N2)C1CC1C. The number of urea groups is 1. The molecule has 0 saturated heterocycles. The van der Waals surface area contributed by atoms with E-state index in [1.165, 1.54) is 17.5 Å². The van der Waals surface area contributed by atoms with E-state index in [1.54, 1.807) is 4.90 Å². The van der Waals surface area contributed by atoms with Crippen LogP contribution >= 0.6 is 0 Å². The van der Waals surface area contributed by atoms with E-state index < -0.39 is 0 Å². The summed E-state index contributed by atoms with van der Waals surface area (Å²) >= 11 is 0. The maximum Gasteiger partial charge on any atom is 0.321 e. The highest BCUT2D eigenvalue weighted by Gasteiger charge is 2.40. The predicted octanol–water partition coefficient (Wildman–Crippen LogP) is 3.36. The van der Waals surface area contributed by atoms with Crippen molar-refractivity contribution in [3.63, 3.8) is 0 Å². The van der Waals surface area contributed by atoms with E-state index in [0.29, 0.717) is 12.6 Å². The Bertz CT molecular complexity index is 543. The van der Waals surface area contributed by atoms with Crippen LogP contribution in [0.2, 0.25) is 0 Å². The number of fused-ring (bicyclic) bond motifs is 1. The minimum Gasteiger partial charge on any atom is -0.323 e. The van der Waals surface area contributed by atoms with Crippen molar-refractivity contribution in [2.45, 2.75) is 39.3 Å². The fraction of sp³-hybridized carbons (Fsp3) is 0.588. The van der Waals surface area contributed by atoms with Crippen molar-refractivity contribution < 1.29 is 4.79 Å². The quantitative estimate of drug-likeness (QED) is 0.872. The first-order valence-corrected chi connectivity index (χ1v) is 7.98. The summed E-state index contributed by atoms with van der Waals surface area (Å²) in [5.74, 6) is 1.57. The lowest BCUT2D eigenvalue weighted by Crippen LogP contribution is -2.35. The molecule has 21 heavy (non-hydrogen) atoms. The van der Waals surface area contributed by atoms with E-state index in [1.807, 2.05) is 7.05 Å². The molecular formula is C17H25N3O. The summed E-state index contributed by atoms with van der Waals surface area (Å²) in [5.41, 5.74) is 3.53. The van der Waals surface area contributed by atoms with Crippen LogP contribution in [0, 0.1) is 11.8 Å². The Balaban J connectivity index is 1.84. The van der Waals surface area contributed by atoms with Crippen LogP contribution in [-0.2, 0) is 6.54 Å².